The van der Waals surface area contributed by atoms with E-state index in [1.807, 2.05) is 0 Å². The van der Waals surface area contributed by atoms with Crippen LogP contribution in [0, 0.1) is 5.92 Å². The maximum Gasteiger partial charge on any atom is 0.121 e. The second kappa shape index (κ2) is 3.06. The maximum atomic E-state index is 5.89. The molecule has 0 aliphatic carbocycles. The Morgan fingerprint density at radius 2 is 1.83 bits per heavy atom. The van der Waals surface area contributed by atoms with Crippen LogP contribution in [0.4, 0.5) is 0 Å². The number of rotatable bonds is 0. The lowest BCUT2D eigenvalue weighted by Crippen LogP contribution is -2.38. The van der Waals surface area contributed by atoms with Gasteiger partial charge < -0.3 is 4.74 Å². The van der Waals surface area contributed by atoms with Crippen LogP contribution in [0.1, 0.15) is 34.6 Å². The number of hydrogen-bond acceptors (Lipinski definition) is 1. The highest BCUT2D eigenvalue weighted by Crippen LogP contribution is 2.43. The predicted octanol–water partition coefficient (Wildman–Crippen LogP) is 2.75. The van der Waals surface area contributed by atoms with Gasteiger partial charge in [-0.2, -0.15) is 0 Å². The molecule has 1 saturated heterocycles. The molecule has 69 valence electrons. The van der Waals surface area contributed by atoms with E-state index in [0.29, 0.717) is 5.92 Å². The highest BCUT2D eigenvalue weighted by Gasteiger charge is 2.40. The first-order chi connectivity index (χ1) is 5.35. The standard InChI is InChI=1S/C10H20BO/c1-8-6-11-9(2,3)10(4,5)12-7-8/h8H,6-7H2,1-5H3. The predicted molar refractivity (Wildman–Crippen MR) is 53.8 cm³/mol. The second-order valence-electron chi connectivity index (χ2n) is 5.09. The molecule has 1 nitrogen and oxygen atoms in total. The molecule has 12 heavy (non-hydrogen) atoms. The summed E-state index contributed by atoms with van der Waals surface area (Å²) in [6.45, 7) is 12.0. The average molecular weight is 167 g/mol. The molecule has 1 radical (unpaired) electrons. The zero-order valence-electron chi connectivity index (χ0n) is 8.98. The minimum Gasteiger partial charge on any atom is -0.376 e. The topological polar surface area (TPSA) is 9.23 Å². The van der Waals surface area contributed by atoms with Crippen LogP contribution in [0.2, 0.25) is 11.6 Å². The molecular weight excluding hydrogens is 147 g/mol. The molecule has 0 spiro atoms. The van der Waals surface area contributed by atoms with Crippen molar-refractivity contribution >= 4 is 7.28 Å². The molecule has 0 aromatic rings. The summed E-state index contributed by atoms with van der Waals surface area (Å²) in [6, 6.07) is 0. The molecule has 0 amide bonds. The lowest BCUT2D eigenvalue weighted by Gasteiger charge is -2.39. The smallest absolute Gasteiger partial charge is 0.121 e. The van der Waals surface area contributed by atoms with E-state index in [2.05, 4.69) is 41.9 Å². The van der Waals surface area contributed by atoms with Gasteiger partial charge in [-0.15, -0.1) is 0 Å². The summed E-state index contributed by atoms with van der Waals surface area (Å²) in [7, 11) is 2.41. The number of hydrogen-bond donors (Lipinski definition) is 0. The van der Waals surface area contributed by atoms with E-state index in [0.717, 1.165) is 6.61 Å². The van der Waals surface area contributed by atoms with Crippen LogP contribution in [0.5, 0.6) is 0 Å². The van der Waals surface area contributed by atoms with Crippen molar-refractivity contribution < 1.29 is 4.74 Å². The van der Waals surface area contributed by atoms with Gasteiger partial charge in [0.05, 0.1) is 5.60 Å². The van der Waals surface area contributed by atoms with E-state index in [4.69, 9.17) is 4.74 Å². The van der Waals surface area contributed by atoms with E-state index < -0.39 is 0 Å². The minimum atomic E-state index is -0.0161. The quantitative estimate of drug-likeness (QED) is 0.504. The third-order valence-corrected chi connectivity index (χ3v) is 3.31. The Kier molecular flexibility index (Phi) is 2.58. The van der Waals surface area contributed by atoms with Gasteiger partial charge in [0.1, 0.15) is 7.28 Å². The molecule has 1 heterocycles. The summed E-state index contributed by atoms with van der Waals surface area (Å²) in [6.07, 6.45) is 1.18. The molecule has 0 saturated carbocycles. The molecule has 1 atom stereocenters. The maximum absolute atomic E-state index is 5.89. The van der Waals surface area contributed by atoms with Crippen molar-refractivity contribution in [2.45, 2.75) is 51.9 Å². The van der Waals surface area contributed by atoms with E-state index in [9.17, 15) is 0 Å². The van der Waals surface area contributed by atoms with Gasteiger partial charge in [-0.3, -0.25) is 0 Å². The summed E-state index contributed by atoms with van der Waals surface area (Å²) < 4.78 is 5.89. The summed E-state index contributed by atoms with van der Waals surface area (Å²) in [5.41, 5.74) is -0.0161. The Morgan fingerprint density at radius 1 is 1.25 bits per heavy atom. The summed E-state index contributed by atoms with van der Waals surface area (Å²) in [5.74, 6) is 0.672. The van der Waals surface area contributed by atoms with Crippen molar-refractivity contribution in [1.82, 2.24) is 0 Å². The molecule has 0 aromatic heterocycles. The highest BCUT2D eigenvalue weighted by atomic mass is 16.5. The van der Waals surface area contributed by atoms with Gasteiger partial charge in [0, 0.05) is 6.61 Å². The molecule has 0 bridgehead atoms. The first-order valence-electron chi connectivity index (χ1n) is 4.83. The second-order valence-corrected chi connectivity index (χ2v) is 5.09. The molecule has 1 aliphatic rings. The zero-order chi connectivity index (χ0) is 9.41. The van der Waals surface area contributed by atoms with E-state index in [1.165, 1.54) is 6.32 Å². The molecule has 1 aliphatic heterocycles. The van der Waals surface area contributed by atoms with E-state index in [-0.39, 0.29) is 10.9 Å². The zero-order valence-corrected chi connectivity index (χ0v) is 8.98. The van der Waals surface area contributed by atoms with Crippen molar-refractivity contribution in [2.24, 2.45) is 5.92 Å². The van der Waals surface area contributed by atoms with Crippen LogP contribution in [0.25, 0.3) is 0 Å². The lowest BCUT2D eigenvalue weighted by atomic mass is 9.46. The Hall–Kier alpha value is 0.0249. The largest absolute Gasteiger partial charge is 0.376 e. The SMILES string of the molecule is CC1C[B]C(C)(C)C(C)(C)OC1. The third-order valence-electron chi connectivity index (χ3n) is 3.31. The fourth-order valence-corrected chi connectivity index (χ4v) is 1.35. The van der Waals surface area contributed by atoms with Gasteiger partial charge in [-0.05, 0) is 25.1 Å². The summed E-state index contributed by atoms with van der Waals surface area (Å²) in [5, 5.41) is 0.192. The minimum absolute atomic E-state index is 0.0161. The first-order valence-corrected chi connectivity index (χ1v) is 4.83. The van der Waals surface area contributed by atoms with Gasteiger partial charge in [0.25, 0.3) is 0 Å². The molecule has 2 heteroatoms. The number of ether oxygens (including phenoxy) is 1. The van der Waals surface area contributed by atoms with Crippen LogP contribution in [-0.4, -0.2) is 19.5 Å². The molecular formula is C10H20BO. The van der Waals surface area contributed by atoms with Gasteiger partial charge in [-0.25, -0.2) is 0 Å². The fraction of sp³-hybridized carbons (Fsp3) is 1.00. The van der Waals surface area contributed by atoms with Crippen LogP contribution in [0.3, 0.4) is 0 Å². The van der Waals surface area contributed by atoms with Crippen molar-refractivity contribution in [3.63, 3.8) is 0 Å². The Labute approximate surface area is 77.1 Å². The monoisotopic (exact) mass is 167 g/mol. The van der Waals surface area contributed by atoms with Crippen LogP contribution in [-0.2, 0) is 4.74 Å². The lowest BCUT2D eigenvalue weighted by molar-refractivity contribution is -0.0490. The molecule has 0 aromatic carbocycles. The van der Waals surface area contributed by atoms with Gasteiger partial charge in [0.2, 0.25) is 0 Å². The first kappa shape index (κ1) is 10.1. The Balaban J connectivity index is 2.74. The van der Waals surface area contributed by atoms with Crippen LogP contribution < -0.4 is 0 Å². The molecule has 1 rings (SSSR count). The Morgan fingerprint density at radius 3 is 2.42 bits per heavy atom. The summed E-state index contributed by atoms with van der Waals surface area (Å²) in [4.78, 5) is 0. The van der Waals surface area contributed by atoms with E-state index >= 15 is 0 Å². The van der Waals surface area contributed by atoms with Crippen molar-refractivity contribution in [3.05, 3.63) is 0 Å². The third kappa shape index (κ3) is 1.85. The summed E-state index contributed by atoms with van der Waals surface area (Å²) >= 11 is 0. The van der Waals surface area contributed by atoms with Crippen molar-refractivity contribution in [3.8, 4) is 0 Å². The van der Waals surface area contributed by atoms with Crippen molar-refractivity contribution in [1.29, 1.82) is 0 Å². The average Bonchev–Trinajstić information content (AvgIpc) is 2.02. The van der Waals surface area contributed by atoms with Gasteiger partial charge >= 0.3 is 0 Å². The van der Waals surface area contributed by atoms with Gasteiger partial charge in [0.15, 0.2) is 0 Å². The highest BCUT2D eigenvalue weighted by molar-refractivity contribution is 6.40. The normalized spacial score (nSPS) is 33.6. The van der Waals surface area contributed by atoms with Crippen LogP contribution in [0.15, 0.2) is 0 Å². The molecule has 1 fully saturated rings. The fourth-order valence-electron chi connectivity index (χ4n) is 1.35. The van der Waals surface area contributed by atoms with E-state index in [1.54, 1.807) is 0 Å². The Bertz CT molecular complexity index is 145. The van der Waals surface area contributed by atoms with Crippen LogP contribution >= 0.6 is 0 Å². The molecule has 1 unspecified atom stereocenters. The van der Waals surface area contributed by atoms with Crippen molar-refractivity contribution in [2.75, 3.05) is 6.61 Å². The molecule has 0 N–H and O–H groups in total. The van der Waals surface area contributed by atoms with Gasteiger partial charge in [-0.1, -0.05) is 27.1 Å².